The molecule has 0 aliphatic heterocycles. The van der Waals surface area contributed by atoms with E-state index in [1.54, 1.807) is 7.11 Å². The van der Waals surface area contributed by atoms with Crippen molar-refractivity contribution < 1.29 is 4.74 Å². The molecule has 2 N–H and O–H groups in total. The maximum absolute atomic E-state index is 5.80. The number of hydrogen-bond acceptors (Lipinski definition) is 2. The Labute approximate surface area is 114 Å². The zero-order valence-corrected chi connectivity index (χ0v) is 11.8. The molecule has 0 saturated heterocycles. The number of nitrogens with two attached hydrogens (primary N) is 1. The average Bonchev–Trinajstić information content (AvgIpc) is 2.73. The first-order valence-corrected chi connectivity index (χ1v) is 7.15. The maximum Gasteiger partial charge on any atom is 0.143 e. The van der Waals surface area contributed by atoms with E-state index >= 15 is 0 Å². The van der Waals surface area contributed by atoms with Gasteiger partial charge in [0.2, 0.25) is 0 Å². The van der Waals surface area contributed by atoms with E-state index in [9.17, 15) is 0 Å². The minimum absolute atomic E-state index is 0.674. The van der Waals surface area contributed by atoms with Crippen molar-refractivity contribution >= 4 is 10.9 Å². The number of rotatable bonds is 3. The highest BCUT2D eigenvalue weighted by Gasteiger charge is 2.22. The first-order valence-electron chi connectivity index (χ1n) is 7.15. The predicted molar refractivity (Wildman–Crippen MR) is 78.9 cm³/mol. The topological polar surface area (TPSA) is 40.2 Å². The molecule has 0 saturated carbocycles. The quantitative estimate of drug-likeness (QED) is 0.919. The second-order valence-electron chi connectivity index (χ2n) is 5.44. The third-order valence-electron chi connectivity index (χ3n) is 4.15. The van der Waals surface area contributed by atoms with Crippen LogP contribution in [0, 0.1) is 6.92 Å². The lowest BCUT2D eigenvalue weighted by molar-refractivity contribution is 0.416. The molecule has 0 bridgehead atoms. The van der Waals surface area contributed by atoms with E-state index in [1.165, 1.54) is 53.4 Å². The van der Waals surface area contributed by atoms with E-state index in [-0.39, 0.29) is 0 Å². The molecular weight excluding hydrogens is 236 g/mol. The van der Waals surface area contributed by atoms with Gasteiger partial charge >= 0.3 is 0 Å². The van der Waals surface area contributed by atoms with Crippen LogP contribution in [-0.2, 0) is 19.4 Å². The van der Waals surface area contributed by atoms with Gasteiger partial charge < -0.3 is 15.0 Å². The summed E-state index contributed by atoms with van der Waals surface area (Å²) in [6, 6.07) is 4.43. The monoisotopic (exact) mass is 258 g/mol. The fraction of sp³-hybridized carbons (Fsp3) is 0.500. The van der Waals surface area contributed by atoms with Crippen LogP contribution < -0.4 is 10.5 Å². The molecule has 1 aliphatic carbocycles. The Balaban J connectivity index is 2.36. The number of methoxy groups -OCH3 is 1. The Hall–Kier alpha value is -1.48. The van der Waals surface area contributed by atoms with Gasteiger partial charge in [0.1, 0.15) is 5.75 Å². The lowest BCUT2D eigenvalue weighted by atomic mass is 9.95. The summed E-state index contributed by atoms with van der Waals surface area (Å²) in [5.41, 5.74) is 11.3. The molecule has 0 amide bonds. The Morgan fingerprint density at radius 1 is 1.26 bits per heavy atom. The Morgan fingerprint density at radius 3 is 2.79 bits per heavy atom. The highest BCUT2D eigenvalue weighted by atomic mass is 16.5. The predicted octanol–water partition coefficient (Wildman–Crippen LogP) is 2.80. The summed E-state index contributed by atoms with van der Waals surface area (Å²) in [4.78, 5) is 0. The summed E-state index contributed by atoms with van der Waals surface area (Å²) in [6.45, 7) is 3.69. The normalized spacial score (nSPS) is 14.7. The zero-order chi connectivity index (χ0) is 13.4. The van der Waals surface area contributed by atoms with E-state index in [0.717, 1.165) is 12.3 Å². The Morgan fingerprint density at radius 2 is 2.05 bits per heavy atom. The first-order chi connectivity index (χ1) is 9.26. The van der Waals surface area contributed by atoms with Crippen molar-refractivity contribution in [2.45, 2.75) is 39.2 Å². The Bertz CT molecular complexity index is 613. The number of hydrogen-bond donors (Lipinski definition) is 1. The summed E-state index contributed by atoms with van der Waals surface area (Å²) in [5, 5.41) is 1.38. The fourth-order valence-corrected chi connectivity index (χ4v) is 3.40. The van der Waals surface area contributed by atoms with Crippen LogP contribution in [0.15, 0.2) is 12.1 Å². The molecule has 102 valence electrons. The van der Waals surface area contributed by atoms with Gasteiger partial charge in [-0.05, 0) is 55.9 Å². The van der Waals surface area contributed by atoms with Crippen molar-refractivity contribution in [2.24, 2.45) is 5.73 Å². The van der Waals surface area contributed by atoms with E-state index in [0.29, 0.717) is 6.54 Å². The minimum Gasteiger partial charge on any atom is -0.495 e. The first kappa shape index (κ1) is 12.5. The van der Waals surface area contributed by atoms with Gasteiger partial charge in [-0.15, -0.1) is 0 Å². The molecule has 0 atom stereocenters. The average molecular weight is 258 g/mol. The van der Waals surface area contributed by atoms with E-state index in [4.69, 9.17) is 10.5 Å². The molecule has 1 aromatic carbocycles. The van der Waals surface area contributed by atoms with Gasteiger partial charge in [-0.1, -0.05) is 0 Å². The lowest BCUT2D eigenvalue weighted by Gasteiger charge is -2.15. The minimum atomic E-state index is 0.674. The van der Waals surface area contributed by atoms with Gasteiger partial charge in [0, 0.05) is 24.2 Å². The van der Waals surface area contributed by atoms with Crippen LogP contribution in [0.5, 0.6) is 5.75 Å². The van der Waals surface area contributed by atoms with E-state index in [2.05, 4.69) is 23.6 Å². The zero-order valence-electron chi connectivity index (χ0n) is 11.8. The van der Waals surface area contributed by atoms with Crippen molar-refractivity contribution in [3.05, 3.63) is 29.0 Å². The van der Waals surface area contributed by atoms with Crippen LogP contribution in [0.1, 0.15) is 29.7 Å². The second-order valence-corrected chi connectivity index (χ2v) is 5.44. The fourth-order valence-electron chi connectivity index (χ4n) is 3.40. The number of ether oxygens (including phenoxy) is 1. The smallest absolute Gasteiger partial charge is 0.143 e. The summed E-state index contributed by atoms with van der Waals surface area (Å²) in [5.74, 6) is 0.984. The number of aromatic nitrogens is 1. The number of benzene rings is 1. The molecular formula is C16H22N2O. The number of nitrogens with zero attached hydrogens (tertiary/aromatic N) is 1. The molecule has 19 heavy (non-hydrogen) atoms. The molecule has 1 aliphatic rings. The molecule has 3 nitrogen and oxygen atoms in total. The third kappa shape index (κ3) is 1.93. The van der Waals surface area contributed by atoms with Gasteiger partial charge in [0.25, 0.3) is 0 Å². The summed E-state index contributed by atoms with van der Waals surface area (Å²) >= 11 is 0. The lowest BCUT2D eigenvalue weighted by Crippen LogP contribution is -2.14. The van der Waals surface area contributed by atoms with E-state index < -0.39 is 0 Å². The maximum atomic E-state index is 5.80. The van der Waals surface area contributed by atoms with Gasteiger partial charge in [-0.2, -0.15) is 0 Å². The standard InChI is InChI=1S/C16H22N2O/c1-11-9-13-12-5-3-4-6-14(12)18(8-7-17)16(13)15(10-11)19-2/h9-10H,3-8,17H2,1-2H3. The molecule has 0 fully saturated rings. The van der Waals surface area contributed by atoms with Gasteiger partial charge in [-0.3, -0.25) is 0 Å². The SMILES string of the molecule is COc1cc(C)cc2c3c(n(CCN)c12)CCCC3. The van der Waals surface area contributed by atoms with Gasteiger partial charge in [0.15, 0.2) is 0 Å². The molecule has 0 spiro atoms. The highest BCUT2D eigenvalue weighted by Crippen LogP contribution is 2.37. The molecule has 3 rings (SSSR count). The van der Waals surface area contributed by atoms with Crippen molar-refractivity contribution in [3.63, 3.8) is 0 Å². The van der Waals surface area contributed by atoms with Gasteiger partial charge in [-0.25, -0.2) is 0 Å². The van der Waals surface area contributed by atoms with Crippen molar-refractivity contribution in [1.82, 2.24) is 4.57 Å². The molecule has 2 aromatic rings. The van der Waals surface area contributed by atoms with Crippen LogP contribution in [0.25, 0.3) is 10.9 Å². The van der Waals surface area contributed by atoms with Crippen LogP contribution in [-0.4, -0.2) is 18.2 Å². The summed E-state index contributed by atoms with van der Waals surface area (Å²) < 4.78 is 8.00. The third-order valence-corrected chi connectivity index (χ3v) is 4.15. The number of fused-ring (bicyclic) bond motifs is 3. The van der Waals surface area contributed by atoms with Crippen molar-refractivity contribution in [2.75, 3.05) is 13.7 Å². The van der Waals surface area contributed by atoms with E-state index in [1.807, 2.05) is 0 Å². The Kier molecular flexibility index (Phi) is 3.23. The number of aryl methyl sites for hydroxylation is 2. The van der Waals surface area contributed by atoms with Crippen LogP contribution in [0.4, 0.5) is 0 Å². The van der Waals surface area contributed by atoms with Crippen molar-refractivity contribution in [3.8, 4) is 5.75 Å². The molecule has 1 aromatic heterocycles. The molecule has 1 heterocycles. The molecule has 3 heteroatoms. The van der Waals surface area contributed by atoms with Crippen molar-refractivity contribution in [1.29, 1.82) is 0 Å². The van der Waals surface area contributed by atoms with Crippen LogP contribution in [0.2, 0.25) is 0 Å². The van der Waals surface area contributed by atoms with Gasteiger partial charge in [0.05, 0.1) is 12.6 Å². The largest absolute Gasteiger partial charge is 0.495 e. The second kappa shape index (κ2) is 4.89. The van der Waals surface area contributed by atoms with Crippen LogP contribution >= 0.6 is 0 Å². The molecule has 0 radical (unpaired) electrons. The molecule has 0 unspecified atom stereocenters. The van der Waals surface area contributed by atoms with Crippen LogP contribution in [0.3, 0.4) is 0 Å². The summed E-state index contributed by atoms with van der Waals surface area (Å²) in [6.07, 6.45) is 4.95. The summed E-state index contributed by atoms with van der Waals surface area (Å²) in [7, 11) is 1.76. The highest BCUT2D eigenvalue weighted by molar-refractivity contribution is 5.91.